The van der Waals surface area contributed by atoms with E-state index < -0.39 is 12.3 Å². The fourth-order valence-corrected chi connectivity index (χ4v) is 8.51. The van der Waals surface area contributed by atoms with E-state index in [0.717, 1.165) is 39.1 Å². The number of hydrogen-bond acceptors (Lipinski definition) is 9. The van der Waals surface area contributed by atoms with Gasteiger partial charge in [0.25, 0.3) is 0 Å². The molecule has 8 aromatic rings. The van der Waals surface area contributed by atoms with Gasteiger partial charge in [0.15, 0.2) is 0 Å². The highest BCUT2D eigenvalue weighted by molar-refractivity contribution is 5.71. The molecular weight excluding hydrogens is 949 g/mol. The molecule has 0 aliphatic rings. The summed E-state index contributed by atoms with van der Waals surface area (Å²) in [6, 6.07) is 62.6. The first-order valence-electron chi connectivity index (χ1n) is 25.3. The zero-order valence-corrected chi connectivity index (χ0v) is 45.6. The maximum Gasteiger partial charge on any atom is 0.519 e. The molecule has 76 heavy (non-hydrogen) atoms. The molecule has 0 amide bonds. The van der Waals surface area contributed by atoms with Crippen molar-refractivity contribution in [1.82, 2.24) is 0 Å². The zero-order chi connectivity index (χ0) is 54.8. The number of ether oxygens (including phenoxy) is 6. The summed E-state index contributed by atoms with van der Waals surface area (Å²) in [5.41, 5.74) is 10.9. The van der Waals surface area contributed by atoms with E-state index in [2.05, 4.69) is 130 Å². The quantitative estimate of drug-likeness (QED) is 0.0672. The molecule has 0 aliphatic heterocycles. The van der Waals surface area contributed by atoms with Crippen molar-refractivity contribution in [1.29, 1.82) is 0 Å². The van der Waals surface area contributed by atoms with Crippen molar-refractivity contribution in [2.75, 3.05) is 7.11 Å². The lowest BCUT2D eigenvalue weighted by molar-refractivity contribution is -0.131. The fraction of sp³-hybridized carbons (Fsp3) is 0.239. The Bertz CT molecular complexity index is 3190. The Morgan fingerprint density at radius 1 is 0.276 bits per heavy atom. The molecule has 0 unspecified atom stereocenters. The molecule has 0 spiro atoms. The van der Waals surface area contributed by atoms with E-state index in [4.69, 9.17) is 28.4 Å². The fourth-order valence-electron chi connectivity index (χ4n) is 8.51. The van der Waals surface area contributed by atoms with Crippen molar-refractivity contribution < 1.29 is 42.8 Å². The Labute approximate surface area is 448 Å². The smallest absolute Gasteiger partial charge is 0.497 e. The summed E-state index contributed by atoms with van der Waals surface area (Å²) in [4.78, 5) is 35.6. The van der Waals surface area contributed by atoms with Gasteiger partial charge in [0.2, 0.25) is 0 Å². The van der Waals surface area contributed by atoms with Crippen LogP contribution in [0, 0.1) is 0 Å². The predicted molar refractivity (Wildman–Crippen MR) is 302 cm³/mol. The molecule has 9 heteroatoms. The highest BCUT2D eigenvalue weighted by Gasteiger charge is 2.25. The predicted octanol–water partition coefficient (Wildman–Crippen LogP) is 17.0. The van der Waals surface area contributed by atoms with Gasteiger partial charge in [-0.15, -0.1) is 0 Å². The number of esters is 1. The molecule has 0 heterocycles. The average Bonchev–Trinajstić information content (AvgIpc) is 3.39. The van der Waals surface area contributed by atoms with Gasteiger partial charge in [-0.1, -0.05) is 191 Å². The lowest BCUT2D eigenvalue weighted by Gasteiger charge is -2.26. The van der Waals surface area contributed by atoms with Crippen molar-refractivity contribution in [3.8, 4) is 56.8 Å². The Balaban J connectivity index is 0.000000229. The van der Waals surface area contributed by atoms with Crippen LogP contribution < -0.4 is 28.4 Å². The van der Waals surface area contributed by atoms with Gasteiger partial charge in [0.05, 0.1) is 7.11 Å². The summed E-state index contributed by atoms with van der Waals surface area (Å²) >= 11 is 0. The number of hydrogen-bond donors (Lipinski definition) is 0. The minimum absolute atomic E-state index is 0.0267. The van der Waals surface area contributed by atoms with E-state index in [1.54, 1.807) is 67.8 Å². The van der Waals surface area contributed by atoms with E-state index in [1.807, 2.05) is 72.8 Å². The zero-order valence-electron chi connectivity index (χ0n) is 45.6. The second kappa shape index (κ2) is 23.4. The van der Waals surface area contributed by atoms with E-state index in [9.17, 15) is 14.4 Å². The molecule has 0 aromatic heterocycles. The molecule has 0 fully saturated rings. The Hall–Kier alpha value is -8.43. The van der Waals surface area contributed by atoms with Crippen molar-refractivity contribution >= 4 is 18.3 Å². The highest BCUT2D eigenvalue weighted by atomic mass is 16.7. The minimum Gasteiger partial charge on any atom is -0.497 e. The number of carbonyl (C=O) groups excluding carboxylic acids is 3. The molecule has 8 aromatic carbocycles. The van der Waals surface area contributed by atoms with Crippen LogP contribution in [0.25, 0.3) is 22.3 Å². The summed E-state index contributed by atoms with van der Waals surface area (Å²) in [5, 5.41) is 0. The lowest BCUT2D eigenvalue weighted by Crippen LogP contribution is -2.19. The molecule has 9 nitrogen and oxygen atoms in total. The van der Waals surface area contributed by atoms with E-state index in [-0.39, 0.29) is 27.6 Å². The van der Waals surface area contributed by atoms with Gasteiger partial charge < -0.3 is 28.4 Å². The minimum atomic E-state index is -0.786. The third-order valence-electron chi connectivity index (χ3n) is 13.5. The van der Waals surface area contributed by atoms with Gasteiger partial charge in [0, 0.05) is 17.8 Å². The summed E-state index contributed by atoms with van der Waals surface area (Å²) in [6.07, 6.45) is -1.55. The van der Waals surface area contributed by atoms with Crippen LogP contribution >= 0.6 is 0 Å². The van der Waals surface area contributed by atoms with Gasteiger partial charge >= 0.3 is 18.3 Å². The summed E-state index contributed by atoms with van der Waals surface area (Å²) in [6.45, 7) is 22.9. The number of benzene rings is 8. The Kier molecular flexibility index (Phi) is 17.0. The maximum absolute atomic E-state index is 12.3. The topological polar surface area (TPSA) is 107 Å². The van der Waals surface area contributed by atoms with Crippen LogP contribution in [0.5, 0.6) is 34.5 Å². The molecule has 0 atom stereocenters. The van der Waals surface area contributed by atoms with Crippen molar-refractivity contribution in [2.24, 2.45) is 0 Å². The van der Waals surface area contributed by atoms with Crippen molar-refractivity contribution in [2.45, 2.75) is 97.8 Å². The van der Waals surface area contributed by atoms with Crippen LogP contribution in [-0.4, -0.2) is 25.4 Å². The summed E-state index contributed by atoms with van der Waals surface area (Å²) in [5.74, 6) is 2.73. The standard InChI is InChI=1S/C39H38O4.C28H30O5/c1-38(2,3)31-19-25-36(26-20-31)43-37(40)42-35-23-13-30(14-24-35)28-9-17-33(18-10-28)39(4,5)32-15-7-27(8-16-32)29-11-21-34(41-6)22-12-29;1-19(29)31-23-15-9-21(10-16-23)28(5,6)22-11-17-25(18-12-22)33-26(30)32-24-13-7-20(8-14-24)27(2,3)4/h7-26H,1-6H3;7-18H,1-6H3. The monoisotopic (exact) mass is 1020 g/mol. The molecule has 0 radical (unpaired) electrons. The maximum atomic E-state index is 12.3. The van der Waals surface area contributed by atoms with Gasteiger partial charge in [-0.05, 0) is 139 Å². The van der Waals surface area contributed by atoms with Gasteiger partial charge in [-0.25, -0.2) is 9.59 Å². The van der Waals surface area contributed by atoms with Crippen LogP contribution in [0.4, 0.5) is 9.59 Å². The van der Waals surface area contributed by atoms with Gasteiger partial charge in [-0.3, -0.25) is 4.79 Å². The lowest BCUT2D eigenvalue weighted by atomic mass is 9.77. The normalized spacial score (nSPS) is 11.6. The van der Waals surface area contributed by atoms with Crippen LogP contribution in [-0.2, 0) is 26.5 Å². The summed E-state index contributed by atoms with van der Waals surface area (Å²) in [7, 11) is 1.68. The largest absolute Gasteiger partial charge is 0.519 e. The summed E-state index contributed by atoms with van der Waals surface area (Å²) < 4.78 is 31.8. The molecule has 0 aliphatic carbocycles. The van der Waals surface area contributed by atoms with Gasteiger partial charge in [-0.2, -0.15) is 0 Å². The first kappa shape index (κ1) is 55.3. The average molecular weight is 1020 g/mol. The highest BCUT2D eigenvalue weighted by Crippen LogP contribution is 2.36. The van der Waals surface area contributed by atoms with Crippen molar-refractivity contribution in [3.05, 3.63) is 228 Å². The SMILES string of the molecule is CC(=O)Oc1ccc(C(C)(C)c2ccc(OC(=O)Oc3ccc(C(C)(C)C)cc3)cc2)cc1.COc1ccc(-c2ccc(C(C)(C)c3ccc(-c4ccc(OC(=O)Oc5ccc(C(C)(C)C)cc5)cc4)cc3)cc2)cc1. The molecule has 8 rings (SSSR count). The first-order valence-corrected chi connectivity index (χ1v) is 25.3. The number of methoxy groups -OCH3 is 1. The molecule has 0 bridgehead atoms. The van der Waals surface area contributed by atoms with Crippen LogP contribution in [0.2, 0.25) is 0 Å². The third-order valence-corrected chi connectivity index (χ3v) is 13.5. The molecule has 0 N–H and O–H groups in total. The molecule has 0 saturated heterocycles. The Morgan fingerprint density at radius 3 is 0.711 bits per heavy atom. The van der Waals surface area contributed by atoms with E-state index in [0.29, 0.717) is 28.7 Å². The number of rotatable bonds is 12. The molecule has 0 saturated carbocycles. The second-order valence-corrected chi connectivity index (χ2v) is 21.8. The van der Waals surface area contributed by atoms with Gasteiger partial charge in [0.1, 0.15) is 34.5 Å². The second-order valence-electron chi connectivity index (χ2n) is 21.8. The third kappa shape index (κ3) is 14.4. The molecule has 390 valence electrons. The first-order chi connectivity index (χ1) is 36.0. The number of carbonyl (C=O) groups is 3. The molecular formula is C67H68O9. The Morgan fingerprint density at radius 2 is 0.474 bits per heavy atom. The van der Waals surface area contributed by atoms with Crippen molar-refractivity contribution in [3.63, 3.8) is 0 Å². The van der Waals surface area contributed by atoms with Crippen LogP contribution in [0.1, 0.15) is 110 Å². The van der Waals surface area contributed by atoms with E-state index >= 15 is 0 Å². The van der Waals surface area contributed by atoms with Crippen LogP contribution in [0.3, 0.4) is 0 Å². The van der Waals surface area contributed by atoms with E-state index in [1.165, 1.54) is 29.2 Å². The van der Waals surface area contributed by atoms with Crippen LogP contribution in [0.15, 0.2) is 194 Å².